The van der Waals surface area contributed by atoms with Crippen LogP contribution < -0.4 is 5.32 Å². The zero-order chi connectivity index (χ0) is 14.0. The van der Waals surface area contributed by atoms with Gasteiger partial charge in [0.25, 0.3) is 0 Å². The molecule has 0 saturated heterocycles. The standard InChI is InChI=1S/C17H21NO2/c19-17-9-7-16(8-10-17)14-20-12-4-11-18-13-15-5-2-1-3-6-15/h1-3,5-10,18-19H,4,11-14H2. The molecular formula is C17H21NO2. The van der Waals surface area contributed by atoms with Gasteiger partial charge in [0.2, 0.25) is 0 Å². The first kappa shape index (κ1) is 14.6. The van der Waals surface area contributed by atoms with E-state index in [2.05, 4.69) is 29.6 Å². The normalized spacial score (nSPS) is 10.6. The number of benzene rings is 2. The number of phenolic OH excluding ortho intramolecular Hbond substituents is 1. The lowest BCUT2D eigenvalue weighted by Crippen LogP contribution is -2.16. The first-order valence-corrected chi connectivity index (χ1v) is 6.95. The Balaban J connectivity index is 1.51. The topological polar surface area (TPSA) is 41.5 Å². The molecule has 0 aliphatic rings. The van der Waals surface area contributed by atoms with Crippen molar-refractivity contribution >= 4 is 0 Å². The molecule has 0 amide bonds. The van der Waals surface area contributed by atoms with Crippen LogP contribution in [0.15, 0.2) is 54.6 Å². The average molecular weight is 271 g/mol. The van der Waals surface area contributed by atoms with Crippen LogP contribution in [0.25, 0.3) is 0 Å². The van der Waals surface area contributed by atoms with Gasteiger partial charge in [-0.25, -0.2) is 0 Å². The second-order valence-corrected chi connectivity index (χ2v) is 4.73. The lowest BCUT2D eigenvalue weighted by atomic mass is 10.2. The molecular weight excluding hydrogens is 250 g/mol. The highest BCUT2D eigenvalue weighted by atomic mass is 16.5. The summed E-state index contributed by atoms with van der Waals surface area (Å²) in [6.07, 6.45) is 0.991. The molecule has 2 rings (SSSR count). The monoisotopic (exact) mass is 271 g/mol. The van der Waals surface area contributed by atoms with Crippen LogP contribution in [-0.2, 0) is 17.9 Å². The molecule has 0 saturated carbocycles. The fraction of sp³-hybridized carbons (Fsp3) is 0.294. The number of nitrogens with one attached hydrogen (secondary N) is 1. The van der Waals surface area contributed by atoms with Gasteiger partial charge in [0.15, 0.2) is 0 Å². The molecule has 0 aliphatic heterocycles. The molecule has 0 atom stereocenters. The number of hydrogen-bond donors (Lipinski definition) is 2. The Hall–Kier alpha value is -1.84. The molecule has 3 nitrogen and oxygen atoms in total. The van der Waals surface area contributed by atoms with Gasteiger partial charge in [0.05, 0.1) is 6.61 Å². The Kier molecular flexibility index (Phi) is 6.08. The van der Waals surface area contributed by atoms with Crippen LogP contribution in [0.2, 0.25) is 0 Å². The minimum absolute atomic E-state index is 0.291. The van der Waals surface area contributed by atoms with Gasteiger partial charge >= 0.3 is 0 Å². The van der Waals surface area contributed by atoms with Crippen LogP contribution in [-0.4, -0.2) is 18.3 Å². The van der Waals surface area contributed by atoms with Gasteiger partial charge in [-0.05, 0) is 36.2 Å². The van der Waals surface area contributed by atoms with Crippen LogP contribution in [0.4, 0.5) is 0 Å². The van der Waals surface area contributed by atoms with E-state index in [1.54, 1.807) is 12.1 Å². The molecule has 0 aromatic heterocycles. The van der Waals surface area contributed by atoms with Crippen molar-refractivity contribution in [2.75, 3.05) is 13.2 Å². The van der Waals surface area contributed by atoms with Crippen LogP contribution in [0.1, 0.15) is 17.5 Å². The lowest BCUT2D eigenvalue weighted by Gasteiger charge is -2.06. The molecule has 3 heteroatoms. The molecule has 2 aromatic rings. The maximum atomic E-state index is 9.17. The molecule has 0 aliphatic carbocycles. The highest BCUT2D eigenvalue weighted by Crippen LogP contribution is 2.10. The lowest BCUT2D eigenvalue weighted by molar-refractivity contribution is 0.118. The van der Waals surface area contributed by atoms with Crippen LogP contribution >= 0.6 is 0 Å². The van der Waals surface area contributed by atoms with Crippen LogP contribution in [0.5, 0.6) is 5.75 Å². The van der Waals surface area contributed by atoms with Gasteiger partial charge in [-0.3, -0.25) is 0 Å². The van der Waals surface area contributed by atoms with E-state index in [0.29, 0.717) is 12.4 Å². The van der Waals surface area contributed by atoms with Crippen molar-refractivity contribution in [1.82, 2.24) is 5.32 Å². The van der Waals surface area contributed by atoms with E-state index < -0.39 is 0 Å². The second-order valence-electron chi connectivity index (χ2n) is 4.73. The second kappa shape index (κ2) is 8.35. The van der Waals surface area contributed by atoms with Gasteiger partial charge in [-0.15, -0.1) is 0 Å². The smallest absolute Gasteiger partial charge is 0.115 e. The third kappa shape index (κ3) is 5.43. The zero-order valence-electron chi connectivity index (χ0n) is 11.6. The van der Waals surface area contributed by atoms with E-state index in [1.807, 2.05) is 18.2 Å². The molecule has 2 N–H and O–H groups in total. The van der Waals surface area contributed by atoms with Crippen molar-refractivity contribution in [2.24, 2.45) is 0 Å². The number of hydrogen-bond acceptors (Lipinski definition) is 3. The fourth-order valence-electron chi connectivity index (χ4n) is 1.91. The van der Waals surface area contributed by atoms with E-state index in [9.17, 15) is 5.11 Å². The molecule has 106 valence electrons. The first-order chi connectivity index (χ1) is 9.84. The average Bonchev–Trinajstić information content (AvgIpc) is 2.49. The van der Waals surface area contributed by atoms with Crippen molar-refractivity contribution in [3.63, 3.8) is 0 Å². The van der Waals surface area contributed by atoms with Gasteiger partial charge in [-0.1, -0.05) is 42.5 Å². The summed E-state index contributed by atoms with van der Waals surface area (Å²) in [5.41, 5.74) is 2.39. The summed E-state index contributed by atoms with van der Waals surface area (Å²) in [6, 6.07) is 17.5. The zero-order valence-corrected chi connectivity index (χ0v) is 11.6. The summed E-state index contributed by atoms with van der Waals surface area (Å²) in [4.78, 5) is 0. The Morgan fingerprint density at radius 3 is 2.40 bits per heavy atom. The highest BCUT2D eigenvalue weighted by molar-refractivity contribution is 5.25. The SMILES string of the molecule is Oc1ccc(COCCCNCc2ccccc2)cc1. The molecule has 0 spiro atoms. The summed E-state index contributed by atoms with van der Waals surface area (Å²) >= 11 is 0. The Morgan fingerprint density at radius 2 is 1.65 bits per heavy atom. The highest BCUT2D eigenvalue weighted by Gasteiger charge is 1.95. The van der Waals surface area contributed by atoms with E-state index in [0.717, 1.165) is 31.7 Å². The summed E-state index contributed by atoms with van der Waals surface area (Å²) < 4.78 is 5.59. The number of phenols is 1. The van der Waals surface area contributed by atoms with Gasteiger partial charge in [0.1, 0.15) is 5.75 Å². The number of ether oxygens (including phenoxy) is 1. The molecule has 0 fully saturated rings. The first-order valence-electron chi connectivity index (χ1n) is 6.95. The van der Waals surface area contributed by atoms with Crippen LogP contribution in [0.3, 0.4) is 0 Å². The van der Waals surface area contributed by atoms with Gasteiger partial charge in [-0.2, -0.15) is 0 Å². The van der Waals surface area contributed by atoms with Gasteiger partial charge in [0, 0.05) is 13.2 Å². The Morgan fingerprint density at radius 1 is 0.900 bits per heavy atom. The maximum Gasteiger partial charge on any atom is 0.115 e. The molecule has 0 unspecified atom stereocenters. The largest absolute Gasteiger partial charge is 0.508 e. The van der Waals surface area contributed by atoms with Crippen LogP contribution in [0, 0.1) is 0 Å². The fourth-order valence-corrected chi connectivity index (χ4v) is 1.91. The van der Waals surface area contributed by atoms with Crippen molar-refractivity contribution in [3.05, 3.63) is 65.7 Å². The minimum Gasteiger partial charge on any atom is -0.508 e. The van der Waals surface area contributed by atoms with E-state index in [-0.39, 0.29) is 0 Å². The van der Waals surface area contributed by atoms with Gasteiger partial charge < -0.3 is 15.2 Å². The molecule has 20 heavy (non-hydrogen) atoms. The Bertz CT molecular complexity index is 482. The number of rotatable bonds is 8. The van der Waals surface area contributed by atoms with Crippen molar-refractivity contribution in [2.45, 2.75) is 19.6 Å². The molecule has 0 radical (unpaired) electrons. The Labute approximate surface area is 120 Å². The molecule has 2 aromatic carbocycles. The molecule has 0 heterocycles. The third-order valence-corrected chi connectivity index (χ3v) is 3.02. The predicted octanol–water partition coefficient (Wildman–Crippen LogP) is 3.09. The van der Waals surface area contributed by atoms with Crippen molar-refractivity contribution in [1.29, 1.82) is 0 Å². The summed E-state index contributed by atoms with van der Waals surface area (Å²) in [7, 11) is 0. The van der Waals surface area contributed by atoms with Crippen molar-refractivity contribution in [3.8, 4) is 5.75 Å². The molecule has 0 bridgehead atoms. The maximum absolute atomic E-state index is 9.17. The quantitative estimate of drug-likeness (QED) is 0.725. The van der Waals surface area contributed by atoms with E-state index in [1.165, 1.54) is 5.56 Å². The third-order valence-electron chi connectivity index (χ3n) is 3.02. The van der Waals surface area contributed by atoms with Crippen molar-refractivity contribution < 1.29 is 9.84 Å². The van der Waals surface area contributed by atoms with E-state index in [4.69, 9.17) is 4.74 Å². The summed E-state index contributed by atoms with van der Waals surface area (Å²) in [5.74, 6) is 0.291. The minimum atomic E-state index is 0.291. The predicted molar refractivity (Wildman–Crippen MR) is 80.5 cm³/mol. The summed E-state index contributed by atoms with van der Waals surface area (Å²) in [5, 5.41) is 12.6. The number of aromatic hydroxyl groups is 1. The summed E-state index contributed by atoms with van der Waals surface area (Å²) in [6.45, 7) is 3.19. The van der Waals surface area contributed by atoms with E-state index >= 15 is 0 Å².